The number of fused-ring (bicyclic) bond motifs is 1. The molecule has 0 aliphatic carbocycles. The predicted octanol–water partition coefficient (Wildman–Crippen LogP) is 2.96. The minimum absolute atomic E-state index is 0.162. The zero-order chi connectivity index (χ0) is 15.5. The van der Waals surface area contributed by atoms with Crippen molar-refractivity contribution in [1.82, 2.24) is 10.3 Å². The summed E-state index contributed by atoms with van der Waals surface area (Å²) >= 11 is 0. The van der Waals surface area contributed by atoms with Crippen molar-refractivity contribution in [3.05, 3.63) is 24.3 Å². The molecule has 0 unspecified atom stereocenters. The van der Waals surface area contributed by atoms with Crippen LogP contribution in [0.2, 0.25) is 0 Å². The first kappa shape index (κ1) is 14.9. The highest BCUT2D eigenvalue weighted by atomic mass is 16.4. The van der Waals surface area contributed by atoms with Crippen LogP contribution in [0, 0.1) is 5.92 Å². The second kappa shape index (κ2) is 6.38. The Morgan fingerprint density at radius 1 is 1.36 bits per heavy atom. The number of carbonyl (C=O) groups is 1. The van der Waals surface area contributed by atoms with Crippen molar-refractivity contribution >= 4 is 23.0 Å². The summed E-state index contributed by atoms with van der Waals surface area (Å²) < 4.78 is 5.81. The van der Waals surface area contributed by atoms with E-state index in [1.807, 2.05) is 38.1 Å². The molecule has 0 spiro atoms. The maximum atomic E-state index is 11.8. The topological polar surface area (TPSA) is 58.4 Å². The molecule has 0 atom stereocenters. The Balaban J connectivity index is 1.56. The Bertz CT molecular complexity index is 609. The molecule has 1 aromatic heterocycles. The number of rotatable bonds is 4. The summed E-state index contributed by atoms with van der Waals surface area (Å²) in [7, 11) is 0. The average Bonchev–Trinajstić information content (AvgIpc) is 2.91. The van der Waals surface area contributed by atoms with Gasteiger partial charge in [-0.3, -0.25) is 4.79 Å². The summed E-state index contributed by atoms with van der Waals surface area (Å²) in [5.74, 6) is 0.620. The summed E-state index contributed by atoms with van der Waals surface area (Å²) in [5.41, 5.74) is 1.73. The van der Waals surface area contributed by atoms with Crippen molar-refractivity contribution in [2.45, 2.75) is 39.2 Å². The van der Waals surface area contributed by atoms with Crippen molar-refractivity contribution in [3.8, 4) is 0 Å². The number of nitrogens with zero attached hydrogens (tertiary/aromatic N) is 2. The van der Waals surface area contributed by atoms with Crippen LogP contribution in [0.1, 0.15) is 33.1 Å². The largest absolute Gasteiger partial charge is 0.423 e. The molecule has 2 aromatic rings. The first-order chi connectivity index (χ1) is 10.6. The fourth-order valence-electron chi connectivity index (χ4n) is 2.97. The second-order valence-corrected chi connectivity index (χ2v) is 6.32. The van der Waals surface area contributed by atoms with E-state index in [9.17, 15) is 4.79 Å². The number of carbonyl (C=O) groups excluding carboxylic acids is 1. The number of para-hydroxylation sites is 2. The fourth-order valence-corrected chi connectivity index (χ4v) is 2.97. The molecule has 0 bridgehead atoms. The number of nitrogens with one attached hydrogen (secondary N) is 1. The molecule has 1 aliphatic rings. The number of oxazole rings is 1. The molecule has 5 nitrogen and oxygen atoms in total. The Morgan fingerprint density at radius 3 is 2.77 bits per heavy atom. The van der Waals surface area contributed by atoms with Crippen LogP contribution in [0.15, 0.2) is 28.7 Å². The molecule has 1 saturated heterocycles. The smallest absolute Gasteiger partial charge is 0.298 e. The van der Waals surface area contributed by atoms with Crippen molar-refractivity contribution in [1.29, 1.82) is 0 Å². The van der Waals surface area contributed by atoms with E-state index in [0.29, 0.717) is 18.4 Å². The van der Waals surface area contributed by atoms with Gasteiger partial charge in [0.2, 0.25) is 5.91 Å². The third-order valence-corrected chi connectivity index (χ3v) is 4.09. The molecular formula is C17H23N3O2. The lowest BCUT2D eigenvalue weighted by Crippen LogP contribution is -2.37. The third-order valence-electron chi connectivity index (χ3n) is 4.09. The van der Waals surface area contributed by atoms with E-state index in [4.69, 9.17) is 4.42 Å². The molecule has 3 rings (SSSR count). The average molecular weight is 301 g/mol. The minimum atomic E-state index is 0.162. The van der Waals surface area contributed by atoms with Gasteiger partial charge in [0.15, 0.2) is 5.58 Å². The zero-order valence-electron chi connectivity index (χ0n) is 13.2. The molecule has 2 heterocycles. The van der Waals surface area contributed by atoms with Gasteiger partial charge < -0.3 is 14.6 Å². The molecule has 1 aliphatic heterocycles. The summed E-state index contributed by atoms with van der Waals surface area (Å²) in [6, 6.07) is 8.74. The van der Waals surface area contributed by atoms with E-state index in [2.05, 4.69) is 15.2 Å². The first-order valence-corrected chi connectivity index (χ1v) is 8.01. The zero-order valence-corrected chi connectivity index (χ0v) is 13.2. The highest BCUT2D eigenvalue weighted by Gasteiger charge is 2.24. The fraction of sp³-hybridized carbons (Fsp3) is 0.529. The predicted molar refractivity (Wildman–Crippen MR) is 86.8 cm³/mol. The van der Waals surface area contributed by atoms with Gasteiger partial charge in [-0.05, 0) is 44.7 Å². The summed E-state index contributed by atoms with van der Waals surface area (Å²) in [6.07, 6.45) is 2.63. The number of amides is 1. The van der Waals surface area contributed by atoms with Gasteiger partial charge in [0.25, 0.3) is 6.01 Å². The Hall–Kier alpha value is -2.04. The number of aromatic nitrogens is 1. The number of hydrogen-bond donors (Lipinski definition) is 1. The van der Waals surface area contributed by atoms with Crippen molar-refractivity contribution in [2.24, 2.45) is 5.92 Å². The van der Waals surface area contributed by atoms with Crippen LogP contribution in [0.5, 0.6) is 0 Å². The van der Waals surface area contributed by atoms with Gasteiger partial charge >= 0.3 is 0 Å². The Kier molecular flexibility index (Phi) is 4.32. The highest BCUT2D eigenvalue weighted by Crippen LogP contribution is 2.27. The molecule has 5 heteroatoms. The molecular weight excluding hydrogens is 278 g/mol. The van der Waals surface area contributed by atoms with Gasteiger partial charge in [0.1, 0.15) is 5.52 Å². The van der Waals surface area contributed by atoms with Gasteiger partial charge in [-0.25, -0.2) is 0 Å². The molecule has 1 amide bonds. The van der Waals surface area contributed by atoms with Crippen molar-refractivity contribution in [2.75, 3.05) is 18.0 Å². The SMILES string of the molecule is CC(C)NC(=O)CC1CCN(c2nc3ccccc3o2)CC1. The normalized spacial score (nSPS) is 16.4. The van der Waals surface area contributed by atoms with Crippen LogP contribution >= 0.6 is 0 Å². The van der Waals surface area contributed by atoms with E-state index in [-0.39, 0.29) is 11.9 Å². The van der Waals surface area contributed by atoms with Gasteiger partial charge in [0, 0.05) is 25.6 Å². The summed E-state index contributed by atoms with van der Waals surface area (Å²) in [4.78, 5) is 18.6. The lowest BCUT2D eigenvalue weighted by atomic mass is 9.93. The Labute approximate surface area is 130 Å². The molecule has 118 valence electrons. The van der Waals surface area contributed by atoms with E-state index in [1.54, 1.807) is 0 Å². The van der Waals surface area contributed by atoms with E-state index in [0.717, 1.165) is 37.0 Å². The number of benzene rings is 1. The van der Waals surface area contributed by atoms with E-state index < -0.39 is 0 Å². The van der Waals surface area contributed by atoms with Gasteiger partial charge in [-0.1, -0.05) is 12.1 Å². The van der Waals surface area contributed by atoms with Crippen LogP contribution in [0.4, 0.5) is 6.01 Å². The van der Waals surface area contributed by atoms with Crippen LogP contribution in [-0.2, 0) is 4.79 Å². The number of anilines is 1. The first-order valence-electron chi connectivity index (χ1n) is 8.01. The maximum absolute atomic E-state index is 11.8. The van der Waals surface area contributed by atoms with Gasteiger partial charge in [-0.15, -0.1) is 0 Å². The van der Waals surface area contributed by atoms with E-state index in [1.165, 1.54) is 0 Å². The van der Waals surface area contributed by atoms with Gasteiger partial charge in [0.05, 0.1) is 0 Å². The maximum Gasteiger partial charge on any atom is 0.298 e. The standard InChI is InChI=1S/C17H23N3O2/c1-12(2)18-16(21)11-13-7-9-20(10-8-13)17-19-14-5-3-4-6-15(14)22-17/h3-6,12-13H,7-11H2,1-2H3,(H,18,21). The summed E-state index contributed by atoms with van der Waals surface area (Å²) in [6.45, 7) is 5.78. The van der Waals surface area contributed by atoms with Gasteiger partial charge in [-0.2, -0.15) is 4.98 Å². The summed E-state index contributed by atoms with van der Waals surface area (Å²) in [5, 5.41) is 2.97. The van der Waals surface area contributed by atoms with Crippen LogP contribution in [0.3, 0.4) is 0 Å². The molecule has 1 aromatic carbocycles. The molecule has 22 heavy (non-hydrogen) atoms. The lowest BCUT2D eigenvalue weighted by molar-refractivity contribution is -0.122. The monoisotopic (exact) mass is 301 g/mol. The quantitative estimate of drug-likeness (QED) is 0.943. The number of piperidine rings is 1. The highest BCUT2D eigenvalue weighted by molar-refractivity contribution is 5.76. The molecule has 0 saturated carbocycles. The molecule has 1 fully saturated rings. The van der Waals surface area contributed by atoms with E-state index >= 15 is 0 Å². The Morgan fingerprint density at radius 2 is 2.09 bits per heavy atom. The number of hydrogen-bond acceptors (Lipinski definition) is 4. The molecule has 1 N–H and O–H groups in total. The van der Waals surface area contributed by atoms with Crippen molar-refractivity contribution in [3.63, 3.8) is 0 Å². The lowest BCUT2D eigenvalue weighted by Gasteiger charge is -2.30. The van der Waals surface area contributed by atoms with Crippen molar-refractivity contribution < 1.29 is 9.21 Å². The molecule has 0 radical (unpaired) electrons. The second-order valence-electron chi connectivity index (χ2n) is 6.32. The van der Waals surface area contributed by atoms with Crippen LogP contribution in [-0.4, -0.2) is 30.0 Å². The van der Waals surface area contributed by atoms with Crippen LogP contribution in [0.25, 0.3) is 11.1 Å². The van der Waals surface area contributed by atoms with Crippen LogP contribution < -0.4 is 10.2 Å². The third kappa shape index (κ3) is 3.40. The minimum Gasteiger partial charge on any atom is -0.423 e.